The van der Waals surface area contributed by atoms with E-state index in [1.54, 1.807) is 18.2 Å². The third-order valence-corrected chi connectivity index (χ3v) is 4.48. The second-order valence-corrected chi connectivity index (χ2v) is 5.63. The van der Waals surface area contributed by atoms with Crippen LogP contribution in [0.5, 0.6) is 11.5 Å². The smallest absolute Gasteiger partial charge is 0.261 e. The fourth-order valence-corrected chi connectivity index (χ4v) is 3.31. The molecule has 2 heterocycles. The van der Waals surface area contributed by atoms with E-state index in [0.717, 1.165) is 12.2 Å². The van der Waals surface area contributed by atoms with Crippen molar-refractivity contribution in [3.8, 4) is 23.0 Å². The van der Waals surface area contributed by atoms with Gasteiger partial charge in [-0.1, -0.05) is 11.2 Å². The quantitative estimate of drug-likeness (QED) is 0.930. The van der Waals surface area contributed by atoms with Gasteiger partial charge >= 0.3 is 0 Å². The molecule has 1 aliphatic rings. The molecule has 0 spiro atoms. The van der Waals surface area contributed by atoms with Crippen LogP contribution in [-0.2, 0) is 0 Å². The molecule has 1 atom stereocenters. The molecule has 3 rings (SSSR count). The van der Waals surface area contributed by atoms with Gasteiger partial charge in [0, 0.05) is 0 Å². The number of hydrogen-bond acceptors (Lipinski definition) is 6. The predicted octanol–water partition coefficient (Wildman–Crippen LogP) is 3.02. The topological polar surface area (TPSA) is 68.4 Å². The number of ether oxygens (including phenoxy) is 1. The number of benzene rings is 1. The molecule has 0 aliphatic carbocycles. The molecule has 0 radical (unpaired) electrons. The minimum atomic E-state index is 0.0271. The van der Waals surface area contributed by atoms with Crippen LogP contribution in [0.1, 0.15) is 23.9 Å². The number of aromatic nitrogens is 2. The van der Waals surface area contributed by atoms with E-state index in [1.165, 1.54) is 13.5 Å². The average Bonchev–Trinajstić information content (AvgIpc) is 3.09. The number of hydrogen-bond donors (Lipinski definition) is 1. The van der Waals surface area contributed by atoms with E-state index in [1.807, 2.05) is 11.8 Å². The SMILES string of the molecule is COc1cccc(-c2nc(C3CCCS3)no2)c1O. The zero-order valence-electron chi connectivity index (χ0n) is 10.5. The molecule has 1 aliphatic heterocycles. The molecule has 5 nitrogen and oxygen atoms in total. The van der Waals surface area contributed by atoms with Gasteiger partial charge < -0.3 is 14.4 Å². The van der Waals surface area contributed by atoms with E-state index in [-0.39, 0.29) is 5.75 Å². The Balaban J connectivity index is 1.94. The van der Waals surface area contributed by atoms with Crippen LogP contribution in [0.15, 0.2) is 22.7 Å². The monoisotopic (exact) mass is 278 g/mol. The summed E-state index contributed by atoms with van der Waals surface area (Å²) in [5.74, 6) is 2.60. The summed E-state index contributed by atoms with van der Waals surface area (Å²) in [6.07, 6.45) is 2.26. The van der Waals surface area contributed by atoms with Crippen molar-refractivity contribution in [1.29, 1.82) is 0 Å². The molecule has 0 bridgehead atoms. The predicted molar refractivity (Wildman–Crippen MR) is 72.4 cm³/mol. The summed E-state index contributed by atoms with van der Waals surface area (Å²) in [5, 5.41) is 14.4. The van der Waals surface area contributed by atoms with Crippen LogP contribution in [0.25, 0.3) is 11.5 Å². The van der Waals surface area contributed by atoms with Gasteiger partial charge in [0.2, 0.25) is 0 Å². The Morgan fingerprint density at radius 2 is 2.37 bits per heavy atom. The summed E-state index contributed by atoms with van der Waals surface area (Å²) in [7, 11) is 1.51. The third kappa shape index (κ3) is 2.28. The van der Waals surface area contributed by atoms with Crippen molar-refractivity contribution in [2.45, 2.75) is 18.1 Å². The van der Waals surface area contributed by atoms with Crippen LogP contribution in [0, 0.1) is 0 Å². The van der Waals surface area contributed by atoms with E-state index in [4.69, 9.17) is 9.26 Å². The molecular formula is C13H14N2O3S. The number of methoxy groups -OCH3 is 1. The zero-order valence-corrected chi connectivity index (χ0v) is 11.3. The van der Waals surface area contributed by atoms with Gasteiger partial charge in [0.15, 0.2) is 17.3 Å². The maximum absolute atomic E-state index is 10.1. The van der Waals surface area contributed by atoms with Crippen molar-refractivity contribution in [2.75, 3.05) is 12.9 Å². The number of nitrogens with zero attached hydrogens (tertiary/aromatic N) is 2. The van der Waals surface area contributed by atoms with E-state index < -0.39 is 0 Å². The maximum atomic E-state index is 10.1. The van der Waals surface area contributed by atoms with E-state index >= 15 is 0 Å². The number of para-hydroxylation sites is 1. The first-order chi connectivity index (χ1) is 9.29. The van der Waals surface area contributed by atoms with Gasteiger partial charge in [0.25, 0.3) is 5.89 Å². The van der Waals surface area contributed by atoms with Crippen molar-refractivity contribution >= 4 is 11.8 Å². The van der Waals surface area contributed by atoms with Crippen molar-refractivity contribution in [2.24, 2.45) is 0 Å². The van der Waals surface area contributed by atoms with Crippen LogP contribution in [0.4, 0.5) is 0 Å². The fraction of sp³-hybridized carbons (Fsp3) is 0.385. The molecule has 1 aromatic heterocycles. The lowest BCUT2D eigenvalue weighted by atomic mass is 10.2. The Morgan fingerprint density at radius 1 is 1.47 bits per heavy atom. The number of rotatable bonds is 3. The van der Waals surface area contributed by atoms with Gasteiger partial charge in [-0.05, 0) is 30.7 Å². The number of phenolic OH excluding ortho intramolecular Hbond substituents is 1. The average molecular weight is 278 g/mol. The fourth-order valence-electron chi connectivity index (χ4n) is 2.12. The standard InChI is InChI=1S/C13H14N2O3S/c1-17-9-5-2-4-8(11(9)16)13-14-12(15-18-13)10-6-3-7-19-10/h2,4-5,10,16H,3,6-7H2,1H3. The lowest BCUT2D eigenvalue weighted by Gasteiger charge is -2.05. The molecule has 100 valence electrons. The first-order valence-electron chi connectivity index (χ1n) is 6.11. The number of thioether (sulfide) groups is 1. The molecule has 2 aromatic rings. The summed E-state index contributed by atoms with van der Waals surface area (Å²) in [5.41, 5.74) is 0.501. The molecule has 1 unspecified atom stereocenters. The largest absolute Gasteiger partial charge is 0.504 e. The molecule has 1 saturated heterocycles. The van der Waals surface area contributed by atoms with E-state index in [2.05, 4.69) is 10.1 Å². The van der Waals surface area contributed by atoms with Gasteiger partial charge in [-0.3, -0.25) is 0 Å². The number of phenols is 1. The van der Waals surface area contributed by atoms with E-state index in [9.17, 15) is 5.11 Å². The van der Waals surface area contributed by atoms with Crippen molar-refractivity contribution in [3.63, 3.8) is 0 Å². The molecule has 1 aromatic carbocycles. The molecule has 6 heteroatoms. The van der Waals surface area contributed by atoms with Crippen LogP contribution in [0.2, 0.25) is 0 Å². The highest BCUT2D eigenvalue weighted by Gasteiger charge is 2.24. The van der Waals surface area contributed by atoms with Crippen LogP contribution in [-0.4, -0.2) is 28.1 Å². The lowest BCUT2D eigenvalue weighted by Crippen LogP contribution is -1.91. The molecule has 19 heavy (non-hydrogen) atoms. The highest BCUT2D eigenvalue weighted by molar-refractivity contribution is 7.99. The summed E-state index contributed by atoms with van der Waals surface area (Å²) in [6.45, 7) is 0. The lowest BCUT2D eigenvalue weighted by molar-refractivity contribution is 0.371. The van der Waals surface area contributed by atoms with Gasteiger partial charge in [0.05, 0.1) is 17.9 Å². The molecule has 1 fully saturated rings. The minimum Gasteiger partial charge on any atom is -0.504 e. The van der Waals surface area contributed by atoms with Crippen LogP contribution < -0.4 is 4.74 Å². The highest BCUT2D eigenvalue weighted by Crippen LogP contribution is 2.40. The first-order valence-corrected chi connectivity index (χ1v) is 7.16. The molecule has 0 saturated carbocycles. The summed E-state index contributed by atoms with van der Waals surface area (Å²) in [6, 6.07) is 5.20. The summed E-state index contributed by atoms with van der Waals surface area (Å²) in [4.78, 5) is 4.38. The van der Waals surface area contributed by atoms with Crippen LogP contribution in [0.3, 0.4) is 0 Å². The van der Waals surface area contributed by atoms with Gasteiger partial charge in [0.1, 0.15) is 0 Å². The summed E-state index contributed by atoms with van der Waals surface area (Å²) >= 11 is 1.84. The van der Waals surface area contributed by atoms with Crippen LogP contribution >= 0.6 is 11.8 Å². The molecule has 0 amide bonds. The third-order valence-electron chi connectivity index (χ3n) is 3.11. The van der Waals surface area contributed by atoms with Crippen molar-refractivity contribution < 1.29 is 14.4 Å². The minimum absolute atomic E-state index is 0.0271. The second kappa shape index (κ2) is 5.13. The normalized spacial score (nSPS) is 18.7. The van der Waals surface area contributed by atoms with Gasteiger partial charge in [-0.15, -0.1) is 0 Å². The van der Waals surface area contributed by atoms with Crippen molar-refractivity contribution in [1.82, 2.24) is 10.1 Å². The zero-order chi connectivity index (χ0) is 13.2. The highest BCUT2D eigenvalue weighted by atomic mass is 32.2. The number of aromatic hydroxyl groups is 1. The first kappa shape index (κ1) is 12.3. The Kier molecular flexibility index (Phi) is 3.33. The summed E-state index contributed by atoms with van der Waals surface area (Å²) < 4.78 is 10.3. The Bertz CT molecular complexity index is 579. The van der Waals surface area contributed by atoms with E-state index in [0.29, 0.717) is 28.3 Å². The molecular weight excluding hydrogens is 264 g/mol. The van der Waals surface area contributed by atoms with Crippen molar-refractivity contribution in [3.05, 3.63) is 24.0 Å². The Labute approximate surface area is 115 Å². The van der Waals surface area contributed by atoms with Gasteiger partial charge in [-0.25, -0.2) is 0 Å². The maximum Gasteiger partial charge on any atom is 0.261 e. The second-order valence-electron chi connectivity index (χ2n) is 4.32. The van der Waals surface area contributed by atoms with Gasteiger partial charge in [-0.2, -0.15) is 16.7 Å². The Morgan fingerprint density at radius 3 is 3.11 bits per heavy atom. The Hall–Kier alpha value is -1.69. The molecule has 1 N–H and O–H groups in total.